The van der Waals surface area contributed by atoms with Crippen molar-refractivity contribution in [3.8, 4) is 0 Å². The maximum atomic E-state index is 10.4. The molecule has 1 aromatic carbocycles. The molecule has 1 aromatic heterocycles. The van der Waals surface area contributed by atoms with E-state index in [0.717, 1.165) is 10.5 Å². The number of aliphatic hydroxyl groups is 1. The van der Waals surface area contributed by atoms with Gasteiger partial charge in [0.1, 0.15) is 11.8 Å². The molecule has 1 unspecified atom stereocenters. The van der Waals surface area contributed by atoms with Crippen LogP contribution in [0.3, 0.4) is 0 Å². The van der Waals surface area contributed by atoms with Gasteiger partial charge in [0.25, 0.3) is 0 Å². The second-order valence-electron chi connectivity index (χ2n) is 3.53. The van der Waals surface area contributed by atoms with Crippen LogP contribution in [0.1, 0.15) is 17.4 Å². The normalized spacial score (nSPS) is 12.7. The van der Waals surface area contributed by atoms with Gasteiger partial charge in [0.2, 0.25) is 0 Å². The molecule has 0 bridgehead atoms. The molecule has 4 nitrogen and oxygen atoms in total. The van der Waals surface area contributed by atoms with Crippen molar-refractivity contribution in [2.75, 3.05) is 6.26 Å². The molecule has 0 spiro atoms. The van der Waals surface area contributed by atoms with Crippen LogP contribution >= 0.6 is 27.7 Å². The van der Waals surface area contributed by atoms with Gasteiger partial charge in [-0.05, 0) is 28.3 Å². The van der Waals surface area contributed by atoms with E-state index in [1.165, 1.54) is 0 Å². The topological polar surface area (TPSA) is 50.9 Å². The molecule has 0 aliphatic carbocycles. The molecule has 1 atom stereocenters. The second-order valence-corrected chi connectivity index (χ2v) is 5.13. The molecule has 0 radical (unpaired) electrons. The van der Waals surface area contributed by atoms with Crippen molar-refractivity contribution in [3.05, 3.63) is 40.1 Å². The van der Waals surface area contributed by atoms with Crippen LogP contribution in [0.25, 0.3) is 0 Å². The van der Waals surface area contributed by atoms with E-state index >= 15 is 0 Å². The van der Waals surface area contributed by atoms with E-state index in [1.807, 2.05) is 30.5 Å². The van der Waals surface area contributed by atoms with Gasteiger partial charge in [-0.1, -0.05) is 23.4 Å². The number of rotatable bonds is 3. The number of thioether (sulfide) groups is 1. The highest BCUT2D eigenvalue weighted by atomic mass is 79.9. The summed E-state index contributed by atoms with van der Waals surface area (Å²) < 4.78 is 2.15. The Kier molecular flexibility index (Phi) is 3.86. The number of benzene rings is 1. The molecule has 90 valence electrons. The minimum absolute atomic E-state index is 0.573. The molecule has 6 heteroatoms. The summed E-state index contributed by atoms with van der Waals surface area (Å²) in [5.41, 5.74) is 1.53. The van der Waals surface area contributed by atoms with Crippen LogP contribution in [0.15, 0.2) is 33.8 Å². The maximum Gasteiger partial charge on any atom is 0.154 e. The van der Waals surface area contributed by atoms with E-state index in [2.05, 4.69) is 26.2 Å². The highest BCUT2D eigenvalue weighted by Crippen LogP contribution is 2.32. The molecule has 17 heavy (non-hydrogen) atoms. The fourth-order valence-corrected chi connectivity index (χ4v) is 2.84. The summed E-state index contributed by atoms with van der Waals surface area (Å²) in [6.45, 7) is 0. The molecule has 0 saturated carbocycles. The smallest absolute Gasteiger partial charge is 0.154 e. The van der Waals surface area contributed by atoms with Crippen LogP contribution in [-0.2, 0) is 7.05 Å². The van der Waals surface area contributed by atoms with Gasteiger partial charge in [-0.3, -0.25) is 0 Å². The third-order valence-electron chi connectivity index (χ3n) is 2.52. The lowest BCUT2D eigenvalue weighted by molar-refractivity contribution is 0.206. The molecule has 0 fully saturated rings. The van der Waals surface area contributed by atoms with Crippen LogP contribution in [0.4, 0.5) is 0 Å². The lowest BCUT2D eigenvalue weighted by atomic mass is 10.1. The molecule has 2 rings (SSSR count). The number of aliphatic hydroxyl groups excluding tert-OH is 1. The fourth-order valence-electron chi connectivity index (χ4n) is 1.67. The van der Waals surface area contributed by atoms with Gasteiger partial charge in [-0.2, -0.15) is 0 Å². The Bertz CT molecular complexity index is 510. The Morgan fingerprint density at radius 2 is 2.12 bits per heavy atom. The number of aromatic nitrogens is 3. The third-order valence-corrected chi connectivity index (χ3v) is 3.90. The molecule has 2 aromatic rings. The number of halogens is 1. The van der Waals surface area contributed by atoms with Crippen molar-refractivity contribution >= 4 is 27.7 Å². The van der Waals surface area contributed by atoms with Crippen molar-refractivity contribution in [1.82, 2.24) is 15.0 Å². The van der Waals surface area contributed by atoms with Crippen molar-refractivity contribution in [2.45, 2.75) is 11.0 Å². The van der Waals surface area contributed by atoms with Crippen molar-refractivity contribution in [3.63, 3.8) is 0 Å². The van der Waals surface area contributed by atoms with Crippen LogP contribution < -0.4 is 0 Å². The van der Waals surface area contributed by atoms with Crippen LogP contribution in [-0.4, -0.2) is 26.4 Å². The first-order chi connectivity index (χ1) is 8.15. The van der Waals surface area contributed by atoms with E-state index < -0.39 is 6.10 Å². The summed E-state index contributed by atoms with van der Waals surface area (Å²) in [5.74, 6) is 0. The molecule has 0 aliphatic heterocycles. The van der Waals surface area contributed by atoms with Crippen molar-refractivity contribution < 1.29 is 5.11 Å². The first-order valence-corrected chi connectivity index (χ1v) is 7.03. The van der Waals surface area contributed by atoms with Crippen LogP contribution in [0.2, 0.25) is 0 Å². The molecular weight excluding hydrogens is 302 g/mol. The van der Waals surface area contributed by atoms with E-state index in [4.69, 9.17) is 0 Å². The van der Waals surface area contributed by atoms with E-state index in [0.29, 0.717) is 10.3 Å². The number of nitrogens with zero attached hydrogens (tertiary/aromatic N) is 3. The summed E-state index contributed by atoms with van der Waals surface area (Å²) in [4.78, 5) is 1.05. The minimum Gasteiger partial charge on any atom is -0.382 e. The summed E-state index contributed by atoms with van der Waals surface area (Å²) in [5, 5.41) is 18.2. The van der Waals surface area contributed by atoms with Gasteiger partial charge in [-0.15, -0.1) is 16.9 Å². The summed E-state index contributed by atoms with van der Waals surface area (Å²) in [6.07, 6.45) is 1.26. The second kappa shape index (κ2) is 5.20. The number of aryl methyl sites for hydroxylation is 1. The molecule has 0 aliphatic rings. The van der Waals surface area contributed by atoms with Crippen LogP contribution in [0.5, 0.6) is 0 Å². The predicted octanol–water partition coefficient (Wildman–Crippen LogP) is 2.38. The van der Waals surface area contributed by atoms with Gasteiger partial charge >= 0.3 is 0 Å². The van der Waals surface area contributed by atoms with Crippen molar-refractivity contribution in [2.24, 2.45) is 7.05 Å². The standard InChI is InChI=1S/C11H12BrN3OS/c1-15-9(11(12)13-14-15)10(16)7-5-3-4-6-8(7)17-2/h3-6,10,16H,1-2H3. The van der Waals surface area contributed by atoms with Gasteiger partial charge in [0.15, 0.2) is 4.60 Å². The predicted molar refractivity (Wildman–Crippen MR) is 71.0 cm³/mol. The Balaban J connectivity index is 2.47. The van der Waals surface area contributed by atoms with Crippen LogP contribution in [0, 0.1) is 0 Å². The molecule has 1 N–H and O–H groups in total. The molecular formula is C11H12BrN3OS. The van der Waals surface area contributed by atoms with Gasteiger partial charge in [0.05, 0.1) is 0 Å². The first kappa shape index (κ1) is 12.6. The zero-order valence-electron chi connectivity index (χ0n) is 9.46. The maximum absolute atomic E-state index is 10.4. The van der Waals surface area contributed by atoms with Crippen molar-refractivity contribution in [1.29, 1.82) is 0 Å². The lowest BCUT2D eigenvalue weighted by Gasteiger charge is -2.14. The summed E-state index contributed by atoms with van der Waals surface area (Å²) in [6, 6.07) is 7.77. The molecule has 0 saturated heterocycles. The van der Waals surface area contributed by atoms with E-state index in [-0.39, 0.29) is 0 Å². The average molecular weight is 314 g/mol. The van der Waals surface area contributed by atoms with E-state index in [1.54, 1.807) is 23.5 Å². The largest absolute Gasteiger partial charge is 0.382 e. The quantitative estimate of drug-likeness (QED) is 0.884. The number of hydrogen-bond acceptors (Lipinski definition) is 4. The number of hydrogen-bond donors (Lipinski definition) is 1. The minimum atomic E-state index is -0.729. The Hall–Kier alpha value is -0.850. The Morgan fingerprint density at radius 3 is 2.71 bits per heavy atom. The molecule has 1 heterocycles. The third kappa shape index (κ3) is 2.38. The van der Waals surface area contributed by atoms with E-state index in [9.17, 15) is 5.11 Å². The Morgan fingerprint density at radius 1 is 1.41 bits per heavy atom. The fraction of sp³-hybridized carbons (Fsp3) is 0.273. The average Bonchev–Trinajstić information content (AvgIpc) is 2.68. The van der Waals surface area contributed by atoms with Gasteiger partial charge in [0, 0.05) is 17.5 Å². The van der Waals surface area contributed by atoms with Gasteiger partial charge in [-0.25, -0.2) is 4.68 Å². The summed E-state index contributed by atoms with van der Waals surface area (Å²) in [7, 11) is 1.76. The molecule has 0 amide bonds. The van der Waals surface area contributed by atoms with Gasteiger partial charge < -0.3 is 5.11 Å². The lowest BCUT2D eigenvalue weighted by Crippen LogP contribution is -2.08. The monoisotopic (exact) mass is 313 g/mol. The summed E-state index contributed by atoms with van der Waals surface area (Å²) >= 11 is 4.91. The Labute approximate surface area is 112 Å². The zero-order chi connectivity index (χ0) is 12.4. The highest BCUT2D eigenvalue weighted by molar-refractivity contribution is 9.10. The SMILES string of the molecule is CSc1ccccc1C(O)c1c(Br)nnn1C. The highest BCUT2D eigenvalue weighted by Gasteiger charge is 2.21. The first-order valence-electron chi connectivity index (χ1n) is 5.01. The zero-order valence-corrected chi connectivity index (χ0v) is 11.9.